The van der Waals surface area contributed by atoms with Gasteiger partial charge in [-0.05, 0) is 0 Å². The van der Waals surface area contributed by atoms with E-state index in [0.29, 0.717) is 6.54 Å². The number of nitrogens with zero attached hydrogens (tertiary/aromatic N) is 7. The van der Waals surface area contributed by atoms with Gasteiger partial charge in [0.25, 0.3) is 0 Å². The van der Waals surface area contributed by atoms with Crippen molar-refractivity contribution in [2.75, 3.05) is 0 Å². The Balaban J connectivity index is 2.18. The average Bonchev–Trinajstić information content (AvgIpc) is 2.89. The summed E-state index contributed by atoms with van der Waals surface area (Å²) in [5.41, 5.74) is 5.34. The molecule has 2 aromatic rings. The predicted molar refractivity (Wildman–Crippen MR) is 52.6 cm³/mol. The molecule has 0 fully saturated rings. The molecule has 0 bridgehead atoms. The number of amidine groups is 1. The summed E-state index contributed by atoms with van der Waals surface area (Å²) in [6.07, 6.45) is 2.93. The molecule has 0 aliphatic heterocycles. The highest BCUT2D eigenvalue weighted by Gasteiger charge is 2.07. The quantitative estimate of drug-likeness (QED) is 0.283. The molecule has 2 aromatic heterocycles. The standard InChI is InChI=1S/C7H10N8O/c1-14-5(9-3-11-14)2-15-4-10-7(12-15)6(8)13-16/h3-4,16H,2H2,1H3,(H2,8,13). The van der Waals surface area contributed by atoms with Crippen LogP contribution in [0.25, 0.3) is 0 Å². The second-order valence-electron chi connectivity index (χ2n) is 3.05. The van der Waals surface area contributed by atoms with Crippen LogP contribution in [0.2, 0.25) is 0 Å². The zero-order valence-corrected chi connectivity index (χ0v) is 8.52. The van der Waals surface area contributed by atoms with Gasteiger partial charge in [0, 0.05) is 7.05 Å². The molecule has 0 unspecified atom stereocenters. The number of hydrogen-bond acceptors (Lipinski definition) is 6. The van der Waals surface area contributed by atoms with Gasteiger partial charge in [-0.3, -0.25) is 4.68 Å². The van der Waals surface area contributed by atoms with E-state index in [2.05, 4.69) is 25.3 Å². The number of nitrogens with two attached hydrogens (primary N) is 1. The molecule has 0 radical (unpaired) electrons. The molecule has 16 heavy (non-hydrogen) atoms. The Labute approximate surface area is 90.2 Å². The van der Waals surface area contributed by atoms with Gasteiger partial charge in [0.05, 0.1) is 0 Å². The van der Waals surface area contributed by atoms with Gasteiger partial charge in [0.2, 0.25) is 11.7 Å². The zero-order valence-electron chi connectivity index (χ0n) is 8.52. The van der Waals surface area contributed by atoms with Crippen LogP contribution in [0.15, 0.2) is 17.8 Å². The molecule has 0 aromatic carbocycles. The SMILES string of the molecule is Cn1ncnc1Cn1cnc(C(N)=NO)n1. The van der Waals surface area contributed by atoms with Crippen molar-refractivity contribution in [3.63, 3.8) is 0 Å². The molecule has 0 atom stereocenters. The van der Waals surface area contributed by atoms with E-state index in [0.717, 1.165) is 5.82 Å². The highest BCUT2D eigenvalue weighted by molar-refractivity contribution is 5.93. The Morgan fingerprint density at radius 3 is 3.00 bits per heavy atom. The van der Waals surface area contributed by atoms with Gasteiger partial charge in [0.1, 0.15) is 25.0 Å². The van der Waals surface area contributed by atoms with E-state index in [1.165, 1.54) is 17.3 Å². The van der Waals surface area contributed by atoms with Crippen molar-refractivity contribution in [2.45, 2.75) is 6.54 Å². The topological polar surface area (TPSA) is 120 Å². The van der Waals surface area contributed by atoms with E-state index in [4.69, 9.17) is 10.9 Å². The summed E-state index contributed by atoms with van der Waals surface area (Å²) < 4.78 is 3.15. The summed E-state index contributed by atoms with van der Waals surface area (Å²) in [5, 5.41) is 19.2. The maximum absolute atomic E-state index is 8.45. The molecule has 84 valence electrons. The maximum atomic E-state index is 8.45. The Hall–Kier alpha value is -2.45. The highest BCUT2D eigenvalue weighted by Crippen LogP contribution is 1.96. The third kappa shape index (κ3) is 1.82. The maximum Gasteiger partial charge on any atom is 0.219 e. The molecular weight excluding hydrogens is 212 g/mol. The normalized spacial score (nSPS) is 11.9. The molecule has 0 aliphatic rings. The van der Waals surface area contributed by atoms with Gasteiger partial charge in [-0.25, -0.2) is 14.6 Å². The lowest BCUT2D eigenvalue weighted by molar-refractivity contribution is 0.318. The minimum absolute atomic E-state index is 0.128. The number of aryl methyl sites for hydroxylation is 1. The highest BCUT2D eigenvalue weighted by atomic mass is 16.4. The van der Waals surface area contributed by atoms with Crippen molar-refractivity contribution in [2.24, 2.45) is 17.9 Å². The fraction of sp³-hybridized carbons (Fsp3) is 0.286. The van der Waals surface area contributed by atoms with Gasteiger partial charge in [-0.15, -0.1) is 5.10 Å². The van der Waals surface area contributed by atoms with Crippen molar-refractivity contribution in [1.29, 1.82) is 0 Å². The lowest BCUT2D eigenvalue weighted by atomic mass is 10.6. The van der Waals surface area contributed by atoms with Crippen molar-refractivity contribution in [3.8, 4) is 0 Å². The first-order valence-electron chi connectivity index (χ1n) is 4.41. The minimum atomic E-state index is -0.128. The summed E-state index contributed by atoms with van der Waals surface area (Å²) in [7, 11) is 1.78. The number of aromatic nitrogens is 6. The van der Waals surface area contributed by atoms with E-state index < -0.39 is 0 Å². The first-order valence-corrected chi connectivity index (χ1v) is 4.41. The summed E-state index contributed by atoms with van der Waals surface area (Å²) in [5.74, 6) is 0.775. The first kappa shape index (κ1) is 10.1. The van der Waals surface area contributed by atoms with Crippen LogP contribution in [0.1, 0.15) is 11.6 Å². The van der Waals surface area contributed by atoms with E-state index in [-0.39, 0.29) is 11.7 Å². The van der Waals surface area contributed by atoms with Gasteiger partial charge < -0.3 is 10.9 Å². The van der Waals surface area contributed by atoms with Crippen LogP contribution in [-0.4, -0.2) is 40.6 Å². The fourth-order valence-corrected chi connectivity index (χ4v) is 1.14. The molecular formula is C7H10N8O. The van der Waals surface area contributed by atoms with Gasteiger partial charge in [-0.2, -0.15) is 5.10 Å². The smallest absolute Gasteiger partial charge is 0.219 e. The molecule has 9 nitrogen and oxygen atoms in total. The monoisotopic (exact) mass is 222 g/mol. The third-order valence-corrected chi connectivity index (χ3v) is 1.98. The Morgan fingerprint density at radius 1 is 1.56 bits per heavy atom. The second kappa shape index (κ2) is 3.96. The van der Waals surface area contributed by atoms with Gasteiger partial charge in [-0.1, -0.05) is 5.16 Å². The molecule has 2 rings (SSSR count). The molecule has 2 heterocycles. The Kier molecular flexibility index (Phi) is 2.50. The lowest BCUT2D eigenvalue weighted by Crippen LogP contribution is -2.16. The van der Waals surface area contributed by atoms with E-state index >= 15 is 0 Å². The van der Waals surface area contributed by atoms with Crippen molar-refractivity contribution < 1.29 is 5.21 Å². The molecule has 0 amide bonds. The second-order valence-corrected chi connectivity index (χ2v) is 3.05. The van der Waals surface area contributed by atoms with E-state index in [9.17, 15) is 0 Å². The zero-order chi connectivity index (χ0) is 11.5. The lowest BCUT2D eigenvalue weighted by Gasteiger charge is -1.98. The molecule has 3 N–H and O–H groups in total. The number of oxime groups is 1. The largest absolute Gasteiger partial charge is 0.409 e. The van der Waals surface area contributed by atoms with Crippen molar-refractivity contribution >= 4 is 5.84 Å². The van der Waals surface area contributed by atoms with Crippen molar-refractivity contribution in [1.82, 2.24) is 29.5 Å². The van der Waals surface area contributed by atoms with Crippen molar-refractivity contribution in [3.05, 3.63) is 24.3 Å². The van der Waals surface area contributed by atoms with Crippen LogP contribution in [0.3, 0.4) is 0 Å². The predicted octanol–water partition coefficient (Wildman–Crippen LogP) is -1.45. The Bertz CT molecular complexity index is 512. The summed E-state index contributed by atoms with van der Waals surface area (Å²) in [4.78, 5) is 7.91. The van der Waals surface area contributed by atoms with Crippen LogP contribution in [-0.2, 0) is 13.6 Å². The molecule has 0 aliphatic carbocycles. The van der Waals surface area contributed by atoms with Crippen LogP contribution in [0.5, 0.6) is 0 Å². The van der Waals surface area contributed by atoms with Crippen LogP contribution in [0.4, 0.5) is 0 Å². The first-order chi connectivity index (χ1) is 7.70. The van der Waals surface area contributed by atoms with E-state index in [1.54, 1.807) is 11.7 Å². The average molecular weight is 222 g/mol. The van der Waals surface area contributed by atoms with E-state index in [1.807, 2.05) is 0 Å². The summed E-state index contributed by atoms with van der Waals surface area (Å²) in [6.45, 7) is 0.419. The third-order valence-electron chi connectivity index (χ3n) is 1.98. The van der Waals surface area contributed by atoms with Gasteiger partial charge in [0.15, 0.2) is 0 Å². The number of hydrogen-bond donors (Lipinski definition) is 2. The molecule has 0 spiro atoms. The number of rotatable bonds is 3. The van der Waals surface area contributed by atoms with Crippen LogP contribution in [0, 0.1) is 0 Å². The minimum Gasteiger partial charge on any atom is -0.409 e. The fourth-order valence-electron chi connectivity index (χ4n) is 1.14. The molecule has 0 saturated heterocycles. The molecule has 0 saturated carbocycles. The summed E-state index contributed by atoms with van der Waals surface area (Å²) in [6, 6.07) is 0. The van der Waals surface area contributed by atoms with Gasteiger partial charge >= 0.3 is 0 Å². The van der Waals surface area contributed by atoms with Crippen LogP contribution >= 0.6 is 0 Å². The molecule has 9 heteroatoms. The van der Waals surface area contributed by atoms with Crippen LogP contribution < -0.4 is 5.73 Å². The Morgan fingerprint density at radius 2 is 2.38 bits per heavy atom. The summed E-state index contributed by atoms with van der Waals surface area (Å²) >= 11 is 0.